The molecule has 13 heavy (non-hydrogen) atoms. The number of nitrogens with two attached hydrogens (primary N) is 1. The smallest absolute Gasteiger partial charge is 0.119 e. The number of hydrogen-bond donors (Lipinski definition) is 1. The highest BCUT2D eigenvalue weighted by Crippen LogP contribution is 2.07. The Balaban J connectivity index is 2.20. The second-order valence-corrected chi connectivity index (χ2v) is 2.79. The zero-order valence-electron chi connectivity index (χ0n) is 7.94. The predicted octanol–water partition coefficient (Wildman–Crippen LogP) is 1.26. The van der Waals surface area contributed by atoms with Crippen LogP contribution in [0.1, 0.15) is 6.92 Å². The number of hydrogen-bond acceptors (Lipinski definition) is 3. The Labute approximate surface area is 79.1 Å². The van der Waals surface area contributed by atoms with Crippen LogP contribution in [0.2, 0.25) is 0 Å². The first-order chi connectivity index (χ1) is 6.33. The number of para-hydroxylation sites is 1. The molecule has 0 unspecified atom stereocenters. The lowest BCUT2D eigenvalue weighted by Crippen LogP contribution is -2.34. The highest BCUT2D eigenvalue weighted by molar-refractivity contribution is 5.20. The fraction of sp³-hybridized carbons (Fsp3) is 0.400. The number of rotatable bonds is 5. The summed E-state index contributed by atoms with van der Waals surface area (Å²) in [6.07, 6.45) is 0. The minimum Gasteiger partial charge on any atom is -0.492 e. The Morgan fingerprint density at radius 1 is 1.31 bits per heavy atom. The minimum atomic E-state index is 0.633. The van der Waals surface area contributed by atoms with E-state index < -0.39 is 0 Å². The number of nitrogens with zero attached hydrogens (tertiary/aromatic N) is 1. The molecule has 0 saturated heterocycles. The van der Waals surface area contributed by atoms with Crippen molar-refractivity contribution >= 4 is 0 Å². The molecule has 0 saturated carbocycles. The third-order valence-electron chi connectivity index (χ3n) is 1.80. The van der Waals surface area contributed by atoms with E-state index in [0.29, 0.717) is 6.61 Å². The van der Waals surface area contributed by atoms with E-state index in [9.17, 15) is 0 Å². The van der Waals surface area contributed by atoms with Crippen molar-refractivity contribution in [1.29, 1.82) is 0 Å². The zero-order valence-corrected chi connectivity index (χ0v) is 7.94. The van der Waals surface area contributed by atoms with Crippen LogP contribution < -0.4 is 10.6 Å². The monoisotopic (exact) mass is 180 g/mol. The molecule has 0 amide bonds. The standard InChI is InChI=1S/C10H16N2O/c1-2-12(11)8-9-13-10-6-4-3-5-7-10/h3-7H,2,8-9,11H2,1H3. The van der Waals surface area contributed by atoms with Crippen molar-refractivity contribution in [2.75, 3.05) is 19.7 Å². The lowest BCUT2D eigenvalue weighted by molar-refractivity contribution is 0.219. The van der Waals surface area contributed by atoms with Gasteiger partial charge in [0.05, 0.1) is 0 Å². The van der Waals surface area contributed by atoms with Gasteiger partial charge in [-0.3, -0.25) is 5.84 Å². The van der Waals surface area contributed by atoms with E-state index in [4.69, 9.17) is 10.6 Å². The summed E-state index contributed by atoms with van der Waals surface area (Å²) in [4.78, 5) is 0. The fourth-order valence-corrected chi connectivity index (χ4v) is 0.956. The second kappa shape index (κ2) is 5.56. The summed E-state index contributed by atoms with van der Waals surface area (Å²) in [5.41, 5.74) is 0. The Kier molecular flexibility index (Phi) is 4.29. The zero-order chi connectivity index (χ0) is 9.52. The lowest BCUT2D eigenvalue weighted by atomic mass is 10.3. The van der Waals surface area contributed by atoms with E-state index >= 15 is 0 Å². The van der Waals surface area contributed by atoms with Crippen LogP contribution in [-0.4, -0.2) is 24.7 Å². The molecule has 0 heterocycles. The third kappa shape index (κ3) is 3.92. The van der Waals surface area contributed by atoms with E-state index in [1.54, 1.807) is 5.01 Å². The number of ether oxygens (including phenoxy) is 1. The largest absolute Gasteiger partial charge is 0.492 e. The van der Waals surface area contributed by atoms with Crippen molar-refractivity contribution in [2.45, 2.75) is 6.92 Å². The van der Waals surface area contributed by atoms with E-state index in [1.165, 1.54) is 0 Å². The third-order valence-corrected chi connectivity index (χ3v) is 1.80. The lowest BCUT2D eigenvalue weighted by Gasteiger charge is -2.13. The maximum absolute atomic E-state index is 5.59. The van der Waals surface area contributed by atoms with Gasteiger partial charge in [0, 0.05) is 13.1 Å². The Morgan fingerprint density at radius 3 is 2.62 bits per heavy atom. The first kappa shape index (κ1) is 10.0. The molecule has 0 aliphatic carbocycles. The summed E-state index contributed by atoms with van der Waals surface area (Å²) in [7, 11) is 0. The molecular formula is C10H16N2O. The summed E-state index contributed by atoms with van der Waals surface area (Å²) in [5.74, 6) is 6.49. The number of hydrazine groups is 1. The highest BCUT2D eigenvalue weighted by atomic mass is 16.5. The van der Waals surface area contributed by atoms with Crippen molar-refractivity contribution < 1.29 is 4.74 Å². The van der Waals surface area contributed by atoms with Crippen LogP contribution in [-0.2, 0) is 0 Å². The molecule has 1 aromatic carbocycles. The van der Waals surface area contributed by atoms with Gasteiger partial charge in [-0.25, -0.2) is 5.01 Å². The van der Waals surface area contributed by atoms with Crippen LogP contribution in [0.5, 0.6) is 5.75 Å². The van der Waals surface area contributed by atoms with E-state index in [-0.39, 0.29) is 0 Å². The molecule has 2 N–H and O–H groups in total. The van der Waals surface area contributed by atoms with Gasteiger partial charge in [0.1, 0.15) is 12.4 Å². The molecule has 0 aromatic heterocycles. The van der Waals surface area contributed by atoms with Crippen LogP contribution in [0.25, 0.3) is 0 Å². The number of likely N-dealkylation sites (N-methyl/N-ethyl adjacent to an activating group) is 1. The molecule has 0 spiro atoms. The molecule has 1 aromatic rings. The Hall–Kier alpha value is -1.06. The summed E-state index contributed by atoms with van der Waals surface area (Å²) in [5, 5.41) is 1.73. The molecule has 1 rings (SSSR count). The van der Waals surface area contributed by atoms with Crippen molar-refractivity contribution in [1.82, 2.24) is 5.01 Å². The van der Waals surface area contributed by atoms with Gasteiger partial charge < -0.3 is 4.74 Å². The predicted molar refractivity (Wildman–Crippen MR) is 53.4 cm³/mol. The molecule has 0 bridgehead atoms. The topological polar surface area (TPSA) is 38.5 Å². The first-order valence-electron chi connectivity index (χ1n) is 4.50. The molecule has 0 atom stereocenters. The van der Waals surface area contributed by atoms with Crippen molar-refractivity contribution in [3.63, 3.8) is 0 Å². The maximum Gasteiger partial charge on any atom is 0.119 e. The van der Waals surface area contributed by atoms with Crippen LogP contribution >= 0.6 is 0 Å². The average molecular weight is 180 g/mol. The van der Waals surface area contributed by atoms with Gasteiger partial charge in [-0.2, -0.15) is 0 Å². The van der Waals surface area contributed by atoms with Gasteiger partial charge in [-0.15, -0.1) is 0 Å². The average Bonchev–Trinajstić information content (AvgIpc) is 2.19. The second-order valence-electron chi connectivity index (χ2n) is 2.79. The van der Waals surface area contributed by atoms with E-state index in [1.807, 2.05) is 37.3 Å². The van der Waals surface area contributed by atoms with Gasteiger partial charge in [0.15, 0.2) is 0 Å². The van der Waals surface area contributed by atoms with Crippen molar-refractivity contribution in [3.05, 3.63) is 30.3 Å². The van der Waals surface area contributed by atoms with Gasteiger partial charge in [0.2, 0.25) is 0 Å². The van der Waals surface area contributed by atoms with Gasteiger partial charge in [-0.1, -0.05) is 25.1 Å². The van der Waals surface area contributed by atoms with Crippen LogP contribution in [0.3, 0.4) is 0 Å². The molecular weight excluding hydrogens is 164 g/mol. The molecule has 0 aliphatic heterocycles. The highest BCUT2D eigenvalue weighted by Gasteiger charge is 1.95. The Bertz CT molecular complexity index is 226. The Morgan fingerprint density at radius 2 is 2.00 bits per heavy atom. The summed E-state index contributed by atoms with van der Waals surface area (Å²) in [6.45, 7) is 4.25. The van der Waals surface area contributed by atoms with Crippen LogP contribution in [0, 0.1) is 0 Å². The normalized spacial score (nSPS) is 10.4. The van der Waals surface area contributed by atoms with Gasteiger partial charge in [0.25, 0.3) is 0 Å². The van der Waals surface area contributed by atoms with Gasteiger partial charge in [-0.05, 0) is 12.1 Å². The van der Waals surface area contributed by atoms with Gasteiger partial charge >= 0.3 is 0 Å². The molecule has 72 valence electrons. The molecule has 0 fully saturated rings. The van der Waals surface area contributed by atoms with Crippen LogP contribution in [0.4, 0.5) is 0 Å². The van der Waals surface area contributed by atoms with Crippen LogP contribution in [0.15, 0.2) is 30.3 Å². The van der Waals surface area contributed by atoms with E-state index in [0.717, 1.165) is 18.8 Å². The van der Waals surface area contributed by atoms with Crippen molar-refractivity contribution in [2.24, 2.45) is 5.84 Å². The van der Waals surface area contributed by atoms with Crippen molar-refractivity contribution in [3.8, 4) is 5.75 Å². The first-order valence-corrected chi connectivity index (χ1v) is 4.50. The fourth-order valence-electron chi connectivity index (χ4n) is 0.956. The molecule has 0 aliphatic rings. The quantitative estimate of drug-likeness (QED) is 0.547. The van der Waals surface area contributed by atoms with E-state index in [2.05, 4.69) is 0 Å². The number of benzene rings is 1. The molecule has 3 nitrogen and oxygen atoms in total. The summed E-state index contributed by atoms with van der Waals surface area (Å²) in [6, 6.07) is 9.75. The molecule has 0 radical (unpaired) electrons. The summed E-state index contributed by atoms with van der Waals surface area (Å²) >= 11 is 0. The summed E-state index contributed by atoms with van der Waals surface area (Å²) < 4.78 is 5.46. The SMILES string of the molecule is CCN(N)CCOc1ccccc1. The minimum absolute atomic E-state index is 0.633. The maximum atomic E-state index is 5.59. The molecule has 3 heteroatoms.